The predicted octanol–water partition coefficient (Wildman–Crippen LogP) is 4.42. The van der Waals surface area contributed by atoms with Crippen LogP contribution in [0.3, 0.4) is 0 Å². The maximum Gasteiger partial charge on any atom is 0.258 e. The number of hydrogen-bond acceptors (Lipinski definition) is 3. The van der Waals surface area contributed by atoms with Gasteiger partial charge in [0.15, 0.2) is 17.5 Å². The molecule has 21 heavy (non-hydrogen) atoms. The molecule has 2 aromatic rings. The predicted molar refractivity (Wildman–Crippen MR) is 74.1 cm³/mol. The standard InChI is InChI=1S/C15H15F3N2O/c1-3-6-19-14-12(17)8-13(18)15(20-14)21-10-4-5-11(16)9(2)7-10/h4-5,7-8H,3,6H2,1-2H3,(H,19,20). The fourth-order valence-corrected chi connectivity index (χ4v) is 1.68. The van der Waals surface area contributed by atoms with E-state index in [0.29, 0.717) is 18.2 Å². The van der Waals surface area contributed by atoms with Gasteiger partial charge in [0, 0.05) is 12.6 Å². The van der Waals surface area contributed by atoms with E-state index in [2.05, 4.69) is 10.3 Å². The minimum Gasteiger partial charge on any atom is -0.436 e. The third-order valence-corrected chi connectivity index (χ3v) is 2.78. The van der Waals surface area contributed by atoms with E-state index in [0.717, 1.165) is 6.42 Å². The van der Waals surface area contributed by atoms with Crippen LogP contribution in [-0.4, -0.2) is 11.5 Å². The molecule has 3 nitrogen and oxygen atoms in total. The fourth-order valence-electron chi connectivity index (χ4n) is 1.68. The zero-order valence-corrected chi connectivity index (χ0v) is 11.7. The molecule has 0 fully saturated rings. The van der Waals surface area contributed by atoms with Gasteiger partial charge in [0.25, 0.3) is 5.88 Å². The Labute approximate surface area is 120 Å². The lowest BCUT2D eigenvalue weighted by Gasteiger charge is -2.10. The summed E-state index contributed by atoms with van der Waals surface area (Å²) in [5.41, 5.74) is 0.361. The summed E-state index contributed by atoms with van der Waals surface area (Å²) in [4.78, 5) is 3.78. The Kier molecular flexibility index (Phi) is 4.67. The van der Waals surface area contributed by atoms with Crippen LogP contribution >= 0.6 is 0 Å². The molecule has 0 radical (unpaired) electrons. The summed E-state index contributed by atoms with van der Waals surface area (Å²) in [6.45, 7) is 3.97. The van der Waals surface area contributed by atoms with Crippen LogP contribution < -0.4 is 10.1 Å². The number of aryl methyl sites for hydroxylation is 1. The van der Waals surface area contributed by atoms with E-state index in [4.69, 9.17) is 4.74 Å². The van der Waals surface area contributed by atoms with Gasteiger partial charge in [-0.1, -0.05) is 6.92 Å². The highest BCUT2D eigenvalue weighted by Gasteiger charge is 2.14. The van der Waals surface area contributed by atoms with Crippen LogP contribution in [0, 0.1) is 24.4 Å². The van der Waals surface area contributed by atoms with Gasteiger partial charge in [-0.25, -0.2) is 13.2 Å². The van der Waals surface area contributed by atoms with Gasteiger partial charge in [-0.3, -0.25) is 0 Å². The van der Waals surface area contributed by atoms with Gasteiger partial charge in [-0.2, -0.15) is 4.98 Å². The van der Waals surface area contributed by atoms with E-state index in [1.807, 2.05) is 6.92 Å². The first-order valence-corrected chi connectivity index (χ1v) is 6.55. The zero-order valence-electron chi connectivity index (χ0n) is 11.7. The first kappa shape index (κ1) is 15.2. The maximum absolute atomic E-state index is 13.7. The molecule has 0 unspecified atom stereocenters. The van der Waals surface area contributed by atoms with Crippen LogP contribution in [-0.2, 0) is 0 Å². The Hall–Kier alpha value is -2.24. The van der Waals surface area contributed by atoms with Crippen LogP contribution in [0.4, 0.5) is 19.0 Å². The monoisotopic (exact) mass is 296 g/mol. The summed E-state index contributed by atoms with van der Waals surface area (Å²) in [5.74, 6) is -2.30. The van der Waals surface area contributed by atoms with Crippen LogP contribution in [0.15, 0.2) is 24.3 Å². The quantitative estimate of drug-likeness (QED) is 0.886. The highest BCUT2D eigenvalue weighted by atomic mass is 19.1. The zero-order chi connectivity index (χ0) is 15.4. The van der Waals surface area contributed by atoms with Crippen molar-refractivity contribution in [3.63, 3.8) is 0 Å². The van der Waals surface area contributed by atoms with E-state index in [1.165, 1.54) is 18.2 Å². The van der Waals surface area contributed by atoms with Gasteiger partial charge in [-0.05, 0) is 37.1 Å². The molecule has 1 heterocycles. The van der Waals surface area contributed by atoms with Crippen molar-refractivity contribution < 1.29 is 17.9 Å². The number of nitrogens with one attached hydrogen (secondary N) is 1. The molecule has 0 saturated heterocycles. The molecule has 1 N–H and O–H groups in total. The third kappa shape index (κ3) is 3.65. The average Bonchev–Trinajstić information content (AvgIpc) is 2.44. The second-order valence-electron chi connectivity index (χ2n) is 4.55. The molecule has 0 aliphatic rings. The SMILES string of the molecule is CCCNc1nc(Oc2ccc(F)c(C)c2)c(F)cc1F. The number of rotatable bonds is 5. The molecule has 0 aliphatic carbocycles. The second-order valence-corrected chi connectivity index (χ2v) is 4.55. The lowest BCUT2D eigenvalue weighted by Crippen LogP contribution is -2.06. The summed E-state index contributed by atoms with van der Waals surface area (Å²) in [7, 11) is 0. The van der Waals surface area contributed by atoms with Crippen molar-refractivity contribution in [2.24, 2.45) is 0 Å². The topological polar surface area (TPSA) is 34.2 Å². The van der Waals surface area contributed by atoms with Crippen molar-refractivity contribution >= 4 is 5.82 Å². The van der Waals surface area contributed by atoms with Gasteiger partial charge in [0.2, 0.25) is 0 Å². The molecular weight excluding hydrogens is 281 g/mol. The molecular formula is C15H15F3N2O. The molecule has 112 valence electrons. The third-order valence-electron chi connectivity index (χ3n) is 2.78. The van der Waals surface area contributed by atoms with Gasteiger partial charge < -0.3 is 10.1 Å². The van der Waals surface area contributed by atoms with Crippen molar-refractivity contribution in [3.8, 4) is 11.6 Å². The van der Waals surface area contributed by atoms with E-state index < -0.39 is 11.6 Å². The van der Waals surface area contributed by atoms with E-state index >= 15 is 0 Å². The van der Waals surface area contributed by atoms with Crippen LogP contribution in [0.2, 0.25) is 0 Å². The first-order chi connectivity index (χ1) is 10.0. The van der Waals surface area contributed by atoms with Gasteiger partial charge in [-0.15, -0.1) is 0 Å². The van der Waals surface area contributed by atoms with Gasteiger partial charge in [0.05, 0.1) is 0 Å². The van der Waals surface area contributed by atoms with E-state index in [9.17, 15) is 13.2 Å². The fraction of sp³-hybridized carbons (Fsp3) is 0.267. The number of benzene rings is 1. The van der Waals surface area contributed by atoms with Crippen molar-refractivity contribution in [1.82, 2.24) is 4.98 Å². The van der Waals surface area contributed by atoms with Crippen molar-refractivity contribution in [2.75, 3.05) is 11.9 Å². The van der Waals surface area contributed by atoms with Crippen LogP contribution in [0.5, 0.6) is 11.6 Å². The Balaban J connectivity index is 2.28. The number of nitrogens with zero attached hydrogens (tertiary/aromatic N) is 1. The highest BCUT2D eigenvalue weighted by Crippen LogP contribution is 2.27. The number of hydrogen-bond donors (Lipinski definition) is 1. The number of ether oxygens (including phenoxy) is 1. The van der Waals surface area contributed by atoms with Crippen molar-refractivity contribution in [3.05, 3.63) is 47.3 Å². The highest BCUT2D eigenvalue weighted by molar-refractivity contribution is 5.41. The molecule has 0 saturated carbocycles. The minimum atomic E-state index is -0.920. The number of aromatic nitrogens is 1. The number of anilines is 1. The molecule has 0 bridgehead atoms. The minimum absolute atomic E-state index is 0.0768. The van der Waals surface area contributed by atoms with Crippen molar-refractivity contribution in [1.29, 1.82) is 0 Å². The van der Waals surface area contributed by atoms with Crippen molar-refractivity contribution in [2.45, 2.75) is 20.3 Å². The molecule has 0 atom stereocenters. The van der Waals surface area contributed by atoms with Gasteiger partial charge in [0.1, 0.15) is 11.6 Å². The Morgan fingerprint density at radius 3 is 2.52 bits per heavy atom. The Bertz CT molecular complexity index is 647. The van der Waals surface area contributed by atoms with E-state index in [-0.39, 0.29) is 23.3 Å². The molecule has 0 amide bonds. The number of pyridine rings is 1. The lowest BCUT2D eigenvalue weighted by atomic mass is 10.2. The van der Waals surface area contributed by atoms with Crippen LogP contribution in [0.1, 0.15) is 18.9 Å². The summed E-state index contributed by atoms with van der Waals surface area (Å²) in [5, 5.41) is 2.74. The smallest absolute Gasteiger partial charge is 0.258 e. The summed E-state index contributed by atoms with van der Waals surface area (Å²) in [6, 6.07) is 4.68. The largest absolute Gasteiger partial charge is 0.436 e. The molecule has 6 heteroatoms. The molecule has 2 rings (SSSR count). The molecule has 1 aromatic heterocycles. The molecule has 0 spiro atoms. The Morgan fingerprint density at radius 1 is 1.10 bits per heavy atom. The first-order valence-electron chi connectivity index (χ1n) is 6.55. The second kappa shape index (κ2) is 6.47. The van der Waals surface area contributed by atoms with E-state index in [1.54, 1.807) is 6.92 Å². The maximum atomic E-state index is 13.7. The molecule has 0 aliphatic heterocycles. The van der Waals surface area contributed by atoms with Gasteiger partial charge >= 0.3 is 0 Å². The Morgan fingerprint density at radius 2 is 1.86 bits per heavy atom. The summed E-state index contributed by atoms with van der Waals surface area (Å²) in [6.07, 6.45) is 0.770. The number of halogens is 3. The lowest BCUT2D eigenvalue weighted by molar-refractivity contribution is 0.416. The average molecular weight is 296 g/mol. The normalized spacial score (nSPS) is 10.5. The summed E-state index contributed by atoms with van der Waals surface area (Å²) < 4.78 is 45.7. The summed E-state index contributed by atoms with van der Waals surface area (Å²) >= 11 is 0. The van der Waals surface area contributed by atoms with Crippen LogP contribution in [0.25, 0.3) is 0 Å². The molecule has 1 aromatic carbocycles.